The van der Waals surface area contributed by atoms with Crippen LogP contribution in [-0.2, 0) is 6.54 Å². The lowest BCUT2D eigenvalue weighted by molar-refractivity contribution is 0.324. The molecule has 2 aromatic heterocycles. The van der Waals surface area contributed by atoms with E-state index in [1.54, 1.807) is 21.3 Å². The number of aromatic nitrogens is 3. The first kappa shape index (κ1) is 28.4. The quantitative estimate of drug-likeness (QED) is 0.277. The van der Waals surface area contributed by atoms with Crippen LogP contribution in [0.2, 0.25) is 0 Å². The molecule has 0 aliphatic carbocycles. The maximum Gasteiger partial charge on any atom is 0.209 e. The van der Waals surface area contributed by atoms with E-state index in [2.05, 4.69) is 54.6 Å². The summed E-state index contributed by atoms with van der Waals surface area (Å²) in [5.41, 5.74) is 8.34. The molecule has 204 valence electrons. The SMILES string of the molecule is COc1cc(Nc2nc3ccc(N(CCC(C)C)CCC(C)C)nc3n2CCCN)cc(OC)c1OC. The van der Waals surface area contributed by atoms with Crippen molar-refractivity contribution < 1.29 is 14.2 Å². The number of ether oxygens (including phenoxy) is 3. The third-order valence-corrected chi connectivity index (χ3v) is 6.36. The third-order valence-electron chi connectivity index (χ3n) is 6.36. The van der Waals surface area contributed by atoms with Gasteiger partial charge in [-0.05, 0) is 49.8 Å². The lowest BCUT2D eigenvalue weighted by Gasteiger charge is -2.25. The number of fused-ring (bicyclic) bond motifs is 1. The molecule has 3 N–H and O–H groups in total. The Balaban J connectivity index is 2.02. The highest BCUT2D eigenvalue weighted by molar-refractivity contribution is 5.78. The van der Waals surface area contributed by atoms with E-state index in [4.69, 9.17) is 29.9 Å². The first-order valence-electron chi connectivity index (χ1n) is 13.2. The van der Waals surface area contributed by atoms with Crippen LogP contribution < -0.4 is 30.2 Å². The maximum absolute atomic E-state index is 5.88. The fraction of sp³-hybridized carbons (Fsp3) is 0.571. The molecule has 0 aliphatic rings. The average Bonchev–Trinajstić information content (AvgIpc) is 3.22. The normalized spacial score (nSPS) is 11.4. The van der Waals surface area contributed by atoms with Gasteiger partial charge in [0.25, 0.3) is 0 Å². The van der Waals surface area contributed by atoms with E-state index >= 15 is 0 Å². The molecule has 3 aromatic rings. The van der Waals surface area contributed by atoms with Crippen molar-refractivity contribution >= 4 is 28.6 Å². The van der Waals surface area contributed by atoms with Crippen molar-refractivity contribution in [2.75, 3.05) is 51.2 Å². The molecule has 0 aliphatic heterocycles. The van der Waals surface area contributed by atoms with Gasteiger partial charge in [-0.1, -0.05) is 27.7 Å². The van der Waals surface area contributed by atoms with Gasteiger partial charge in [-0.25, -0.2) is 9.97 Å². The molecular formula is C28H44N6O3. The number of methoxy groups -OCH3 is 3. The molecule has 3 rings (SSSR count). The average molecular weight is 513 g/mol. The summed E-state index contributed by atoms with van der Waals surface area (Å²) in [6, 6.07) is 7.89. The van der Waals surface area contributed by atoms with E-state index in [0.29, 0.717) is 48.1 Å². The number of pyridine rings is 1. The molecule has 0 amide bonds. The summed E-state index contributed by atoms with van der Waals surface area (Å²) in [6.07, 6.45) is 3.06. The van der Waals surface area contributed by atoms with Gasteiger partial charge < -0.3 is 30.2 Å². The van der Waals surface area contributed by atoms with Gasteiger partial charge in [0.15, 0.2) is 17.1 Å². The van der Waals surface area contributed by atoms with E-state index in [0.717, 1.165) is 55.0 Å². The molecule has 9 nitrogen and oxygen atoms in total. The van der Waals surface area contributed by atoms with Crippen LogP contribution in [0.5, 0.6) is 17.2 Å². The fourth-order valence-electron chi connectivity index (χ4n) is 4.18. The van der Waals surface area contributed by atoms with Crippen molar-refractivity contribution in [3.63, 3.8) is 0 Å². The van der Waals surface area contributed by atoms with Crippen molar-refractivity contribution in [3.8, 4) is 17.2 Å². The van der Waals surface area contributed by atoms with Gasteiger partial charge in [-0.2, -0.15) is 0 Å². The molecule has 0 saturated heterocycles. The second-order valence-electron chi connectivity index (χ2n) is 10.1. The van der Waals surface area contributed by atoms with Crippen LogP contribution in [-0.4, -0.2) is 55.5 Å². The zero-order valence-electron chi connectivity index (χ0n) is 23.5. The van der Waals surface area contributed by atoms with Gasteiger partial charge in [0.2, 0.25) is 11.7 Å². The van der Waals surface area contributed by atoms with E-state index in [1.807, 2.05) is 12.1 Å². The number of hydrogen-bond acceptors (Lipinski definition) is 8. The highest BCUT2D eigenvalue weighted by Crippen LogP contribution is 2.40. The van der Waals surface area contributed by atoms with E-state index in [-0.39, 0.29) is 0 Å². The van der Waals surface area contributed by atoms with Crippen LogP contribution in [0.25, 0.3) is 11.2 Å². The van der Waals surface area contributed by atoms with Crippen LogP contribution in [0.1, 0.15) is 47.0 Å². The minimum Gasteiger partial charge on any atom is -0.493 e. The van der Waals surface area contributed by atoms with Crippen molar-refractivity contribution in [1.82, 2.24) is 14.5 Å². The fourth-order valence-corrected chi connectivity index (χ4v) is 4.18. The van der Waals surface area contributed by atoms with Gasteiger partial charge >= 0.3 is 0 Å². The third kappa shape index (κ3) is 7.19. The van der Waals surface area contributed by atoms with Gasteiger partial charge in [0.1, 0.15) is 11.3 Å². The minimum absolute atomic E-state index is 0.543. The first-order chi connectivity index (χ1) is 17.8. The topological polar surface area (TPSA) is 99.7 Å². The monoisotopic (exact) mass is 512 g/mol. The Morgan fingerprint density at radius 3 is 2.05 bits per heavy atom. The van der Waals surface area contributed by atoms with Crippen molar-refractivity contribution in [3.05, 3.63) is 24.3 Å². The van der Waals surface area contributed by atoms with Crippen molar-refractivity contribution in [1.29, 1.82) is 0 Å². The molecule has 0 fully saturated rings. The zero-order chi connectivity index (χ0) is 26.9. The predicted octanol–water partition coefficient (Wildman–Crippen LogP) is 5.45. The number of imidazole rings is 1. The molecule has 1 aromatic carbocycles. The Morgan fingerprint density at radius 1 is 0.919 bits per heavy atom. The number of nitrogens with zero attached hydrogens (tertiary/aromatic N) is 4. The molecule has 2 heterocycles. The van der Waals surface area contributed by atoms with Crippen molar-refractivity contribution in [2.45, 2.75) is 53.5 Å². The van der Waals surface area contributed by atoms with Crippen LogP contribution in [0, 0.1) is 11.8 Å². The smallest absolute Gasteiger partial charge is 0.209 e. The predicted molar refractivity (Wildman–Crippen MR) is 152 cm³/mol. The number of benzene rings is 1. The largest absolute Gasteiger partial charge is 0.493 e. The zero-order valence-corrected chi connectivity index (χ0v) is 23.5. The number of anilines is 3. The molecule has 0 saturated carbocycles. The Kier molecular flexibility index (Phi) is 10.3. The van der Waals surface area contributed by atoms with E-state index in [1.165, 1.54) is 0 Å². The first-order valence-corrected chi connectivity index (χ1v) is 13.2. The Bertz CT molecular complexity index is 1110. The second kappa shape index (κ2) is 13.4. The Morgan fingerprint density at radius 2 is 1.54 bits per heavy atom. The summed E-state index contributed by atoms with van der Waals surface area (Å²) in [4.78, 5) is 12.4. The number of hydrogen-bond donors (Lipinski definition) is 2. The summed E-state index contributed by atoms with van der Waals surface area (Å²) < 4.78 is 18.6. The van der Waals surface area contributed by atoms with E-state index in [9.17, 15) is 0 Å². The highest BCUT2D eigenvalue weighted by Gasteiger charge is 2.18. The number of rotatable bonds is 15. The lowest BCUT2D eigenvalue weighted by atomic mass is 10.1. The van der Waals surface area contributed by atoms with Crippen LogP contribution >= 0.6 is 0 Å². The molecule has 0 unspecified atom stereocenters. The molecule has 0 radical (unpaired) electrons. The number of nitrogens with two attached hydrogens (primary N) is 1. The Hall–Kier alpha value is -3.20. The Labute approximate surface area is 221 Å². The van der Waals surface area contributed by atoms with Crippen LogP contribution in [0.4, 0.5) is 17.5 Å². The van der Waals surface area contributed by atoms with Gasteiger partial charge in [0.05, 0.1) is 21.3 Å². The summed E-state index contributed by atoms with van der Waals surface area (Å²) >= 11 is 0. The summed E-state index contributed by atoms with van der Waals surface area (Å²) in [5, 5.41) is 3.44. The molecule has 9 heteroatoms. The van der Waals surface area contributed by atoms with E-state index < -0.39 is 0 Å². The number of aryl methyl sites for hydroxylation is 1. The molecule has 0 spiro atoms. The van der Waals surface area contributed by atoms with Gasteiger partial charge in [-0.15, -0.1) is 0 Å². The molecular weight excluding hydrogens is 468 g/mol. The van der Waals surface area contributed by atoms with Gasteiger partial charge in [-0.3, -0.25) is 4.57 Å². The molecule has 0 atom stereocenters. The second-order valence-corrected chi connectivity index (χ2v) is 10.1. The summed E-state index contributed by atoms with van der Waals surface area (Å²) in [5.74, 6) is 4.63. The minimum atomic E-state index is 0.543. The van der Waals surface area contributed by atoms with Gasteiger partial charge in [0, 0.05) is 37.5 Å². The van der Waals surface area contributed by atoms with Crippen LogP contribution in [0.3, 0.4) is 0 Å². The summed E-state index contributed by atoms with van der Waals surface area (Å²) in [6.45, 7) is 12.3. The summed E-state index contributed by atoms with van der Waals surface area (Å²) in [7, 11) is 4.80. The molecule has 37 heavy (non-hydrogen) atoms. The van der Waals surface area contributed by atoms with Crippen LogP contribution in [0.15, 0.2) is 24.3 Å². The maximum atomic E-state index is 5.88. The van der Waals surface area contributed by atoms with Crippen molar-refractivity contribution in [2.24, 2.45) is 17.6 Å². The number of nitrogens with one attached hydrogen (secondary N) is 1. The highest BCUT2D eigenvalue weighted by atomic mass is 16.5. The lowest BCUT2D eigenvalue weighted by Crippen LogP contribution is -2.28. The molecule has 0 bridgehead atoms. The standard InChI is InChI=1S/C28H44N6O3/c1-19(2)11-15-33(16-12-20(3)4)25-10-9-22-27(32-25)34(14-8-13-29)28(31-22)30-21-17-23(35-5)26(37-7)24(18-21)36-6/h9-10,17-20H,8,11-16,29H2,1-7H3,(H,30,31).